The number of carbonyl (C=O) groups is 1. The van der Waals surface area contributed by atoms with Gasteiger partial charge in [0, 0.05) is 23.3 Å². The second-order valence-corrected chi connectivity index (χ2v) is 7.49. The van der Waals surface area contributed by atoms with Crippen LogP contribution in [0.1, 0.15) is 35.9 Å². The highest BCUT2D eigenvalue weighted by Crippen LogP contribution is 2.46. The molecule has 7 heteroatoms. The number of nitrogens with one attached hydrogen (secondary N) is 1. The Hall–Kier alpha value is -3.61. The molecule has 0 bridgehead atoms. The molecule has 0 saturated carbocycles. The standard InChI is InChI=1S/C23H22N4O3/c1-29-16-8-9-20(30-2)17(12-16)22-21-18(26-23-24-13-25-27(22)23)10-15(11-19(21)28)14-6-4-3-5-7-14/h3-9,12-13,15,22H,10-11H2,1-2H3,(H,24,25,26). The SMILES string of the molecule is COc1ccc(OC)c(C2C3=C(CC(c4ccccc4)CC3=O)Nc3ncnn32)c1. The minimum absolute atomic E-state index is 0.105. The minimum Gasteiger partial charge on any atom is -0.497 e. The molecule has 2 unspecified atom stereocenters. The first-order valence-electron chi connectivity index (χ1n) is 9.89. The number of rotatable bonds is 4. The number of carbonyl (C=O) groups excluding carboxylic acids is 1. The van der Waals surface area contributed by atoms with E-state index in [2.05, 4.69) is 27.5 Å². The molecule has 0 spiro atoms. The van der Waals surface area contributed by atoms with Crippen molar-refractivity contribution in [3.63, 3.8) is 0 Å². The van der Waals surface area contributed by atoms with Crippen molar-refractivity contribution in [1.29, 1.82) is 0 Å². The van der Waals surface area contributed by atoms with Crippen molar-refractivity contribution < 1.29 is 14.3 Å². The lowest BCUT2D eigenvalue weighted by molar-refractivity contribution is -0.116. The van der Waals surface area contributed by atoms with Crippen LogP contribution in [0, 0.1) is 0 Å². The molecule has 152 valence electrons. The van der Waals surface area contributed by atoms with Crippen molar-refractivity contribution in [3.05, 3.63) is 77.3 Å². The summed E-state index contributed by atoms with van der Waals surface area (Å²) >= 11 is 0. The van der Waals surface area contributed by atoms with Gasteiger partial charge in [-0.15, -0.1) is 0 Å². The predicted octanol–water partition coefficient (Wildman–Crippen LogP) is 3.71. The van der Waals surface area contributed by atoms with Gasteiger partial charge in [-0.25, -0.2) is 4.68 Å². The van der Waals surface area contributed by atoms with Crippen LogP contribution in [-0.4, -0.2) is 34.8 Å². The second kappa shape index (κ2) is 7.33. The number of hydrogen-bond donors (Lipinski definition) is 1. The Labute approximate surface area is 174 Å². The van der Waals surface area contributed by atoms with Crippen LogP contribution in [0.5, 0.6) is 11.5 Å². The fourth-order valence-corrected chi connectivity index (χ4v) is 4.45. The summed E-state index contributed by atoms with van der Waals surface area (Å²) in [7, 11) is 3.24. The van der Waals surface area contributed by atoms with Gasteiger partial charge in [0.2, 0.25) is 5.95 Å². The molecule has 1 aromatic heterocycles. The van der Waals surface area contributed by atoms with Gasteiger partial charge in [-0.1, -0.05) is 30.3 Å². The van der Waals surface area contributed by atoms with Crippen LogP contribution in [0.25, 0.3) is 0 Å². The smallest absolute Gasteiger partial charge is 0.226 e. The summed E-state index contributed by atoms with van der Waals surface area (Å²) in [6, 6.07) is 15.4. The van der Waals surface area contributed by atoms with Crippen molar-refractivity contribution >= 4 is 11.7 Å². The third-order valence-electron chi connectivity index (χ3n) is 5.86. The summed E-state index contributed by atoms with van der Waals surface area (Å²) in [5, 5.41) is 7.76. The molecule has 3 aromatic rings. The molecule has 2 atom stereocenters. The van der Waals surface area contributed by atoms with E-state index in [-0.39, 0.29) is 11.7 Å². The third kappa shape index (κ3) is 2.94. The number of Topliss-reactive ketones (excluding diaryl/α,β-unsaturated/α-hetero) is 1. The summed E-state index contributed by atoms with van der Waals surface area (Å²) in [5.74, 6) is 2.22. The Kier molecular flexibility index (Phi) is 4.50. The molecule has 0 radical (unpaired) electrons. The van der Waals surface area contributed by atoms with Gasteiger partial charge in [0.1, 0.15) is 23.9 Å². The molecule has 2 aromatic carbocycles. The average molecular weight is 402 g/mol. The fraction of sp³-hybridized carbons (Fsp3) is 0.261. The normalized spacial score (nSPS) is 20.3. The van der Waals surface area contributed by atoms with Gasteiger partial charge in [0.05, 0.1) is 14.2 Å². The minimum atomic E-state index is -0.423. The van der Waals surface area contributed by atoms with Gasteiger partial charge in [0.25, 0.3) is 0 Å². The van der Waals surface area contributed by atoms with Crippen molar-refractivity contribution in [3.8, 4) is 11.5 Å². The van der Waals surface area contributed by atoms with Crippen molar-refractivity contribution in [2.75, 3.05) is 19.5 Å². The number of allylic oxidation sites excluding steroid dienone is 2. The molecule has 0 amide bonds. The molecule has 1 aliphatic carbocycles. The molecule has 2 aliphatic rings. The number of nitrogens with zero attached hydrogens (tertiary/aromatic N) is 3. The number of benzene rings is 2. The summed E-state index contributed by atoms with van der Waals surface area (Å²) in [6.07, 6.45) is 2.69. The number of aromatic nitrogens is 3. The summed E-state index contributed by atoms with van der Waals surface area (Å²) in [5.41, 5.74) is 3.60. The first-order chi connectivity index (χ1) is 14.7. The highest BCUT2D eigenvalue weighted by Gasteiger charge is 2.40. The molecule has 7 nitrogen and oxygen atoms in total. The topological polar surface area (TPSA) is 78.3 Å². The van der Waals surface area contributed by atoms with E-state index in [1.165, 1.54) is 11.9 Å². The zero-order valence-electron chi connectivity index (χ0n) is 16.8. The van der Waals surface area contributed by atoms with E-state index >= 15 is 0 Å². The Balaban J connectivity index is 1.65. The zero-order valence-corrected chi connectivity index (χ0v) is 16.8. The molecular weight excluding hydrogens is 380 g/mol. The number of ketones is 1. The van der Waals surface area contributed by atoms with Gasteiger partial charge in [0.15, 0.2) is 5.78 Å². The lowest BCUT2D eigenvalue weighted by Gasteiger charge is -2.35. The van der Waals surface area contributed by atoms with Crippen molar-refractivity contribution in [2.24, 2.45) is 0 Å². The lowest BCUT2D eigenvalue weighted by Crippen LogP contribution is -2.33. The van der Waals surface area contributed by atoms with Crippen molar-refractivity contribution in [1.82, 2.24) is 14.8 Å². The largest absolute Gasteiger partial charge is 0.497 e. The maximum absolute atomic E-state index is 13.5. The highest BCUT2D eigenvalue weighted by molar-refractivity contribution is 6.00. The van der Waals surface area contributed by atoms with E-state index in [1.54, 1.807) is 18.9 Å². The summed E-state index contributed by atoms with van der Waals surface area (Å²) in [4.78, 5) is 17.8. The number of ether oxygens (including phenoxy) is 2. The van der Waals surface area contributed by atoms with Gasteiger partial charge in [-0.05, 0) is 36.1 Å². The van der Waals surface area contributed by atoms with Crippen LogP contribution in [0.2, 0.25) is 0 Å². The first-order valence-corrected chi connectivity index (χ1v) is 9.89. The van der Waals surface area contributed by atoms with E-state index in [9.17, 15) is 4.79 Å². The number of fused-ring (bicyclic) bond motifs is 1. The first kappa shape index (κ1) is 18.4. The van der Waals surface area contributed by atoms with Gasteiger partial charge < -0.3 is 14.8 Å². The number of hydrogen-bond acceptors (Lipinski definition) is 6. The Morgan fingerprint density at radius 3 is 2.67 bits per heavy atom. The molecule has 5 rings (SSSR count). The molecule has 1 N–H and O–H groups in total. The van der Waals surface area contributed by atoms with E-state index in [4.69, 9.17) is 9.47 Å². The Bertz CT molecular complexity index is 1140. The number of anilines is 1. The van der Waals surface area contributed by atoms with Crippen molar-refractivity contribution in [2.45, 2.75) is 24.8 Å². The molecule has 1 aliphatic heterocycles. The summed E-state index contributed by atoms with van der Waals surface area (Å²) < 4.78 is 12.8. The lowest BCUT2D eigenvalue weighted by atomic mass is 9.78. The molecule has 2 heterocycles. The van der Waals surface area contributed by atoms with Gasteiger partial charge in [-0.3, -0.25) is 4.79 Å². The van der Waals surface area contributed by atoms with E-state index in [1.807, 2.05) is 36.4 Å². The fourth-order valence-electron chi connectivity index (χ4n) is 4.45. The summed E-state index contributed by atoms with van der Waals surface area (Å²) in [6.45, 7) is 0. The van der Waals surface area contributed by atoms with E-state index in [0.29, 0.717) is 29.4 Å². The molecule has 0 saturated heterocycles. The number of methoxy groups -OCH3 is 2. The van der Waals surface area contributed by atoms with E-state index < -0.39 is 6.04 Å². The van der Waals surface area contributed by atoms with Gasteiger partial charge in [-0.2, -0.15) is 10.1 Å². The molecule has 30 heavy (non-hydrogen) atoms. The molecule has 0 fully saturated rings. The van der Waals surface area contributed by atoms with Crippen LogP contribution in [-0.2, 0) is 4.79 Å². The third-order valence-corrected chi connectivity index (χ3v) is 5.86. The Morgan fingerprint density at radius 2 is 1.90 bits per heavy atom. The average Bonchev–Trinajstić information content (AvgIpc) is 3.26. The zero-order chi connectivity index (χ0) is 20.7. The second-order valence-electron chi connectivity index (χ2n) is 7.49. The van der Waals surface area contributed by atoms with Crippen LogP contribution in [0.4, 0.5) is 5.95 Å². The van der Waals surface area contributed by atoms with Crippen LogP contribution in [0.15, 0.2) is 66.1 Å². The maximum Gasteiger partial charge on any atom is 0.226 e. The predicted molar refractivity (Wildman–Crippen MR) is 112 cm³/mol. The monoisotopic (exact) mass is 402 g/mol. The van der Waals surface area contributed by atoms with Crippen LogP contribution < -0.4 is 14.8 Å². The van der Waals surface area contributed by atoms with E-state index in [0.717, 1.165) is 17.7 Å². The quantitative estimate of drug-likeness (QED) is 0.717. The highest BCUT2D eigenvalue weighted by atomic mass is 16.5. The Morgan fingerprint density at radius 1 is 1.07 bits per heavy atom. The van der Waals surface area contributed by atoms with Gasteiger partial charge >= 0.3 is 0 Å². The van der Waals surface area contributed by atoms with Crippen LogP contribution in [0.3, 0.4) is 0 Å². The van der Waals surface area contributed by atoms with Crippen LogP contribution >= 0.6 is 0 Å². The maximum atomic E-state index is 13.5. The molecular formula is C23H22N4O3.